The summed E-state index contributed by atoms with van der Waals surface area (Å²) < 4.78 is 24.7. The molecule has 1 unspecified atom stereocenters. The molecule has 1 saturated heterocycles. The highest BCUT2D eigenvalue weighted by Crippen LogP contribution is 2.41. The molecule has 0 spiro atoms. The van der Waals surface area contributed by atoms with Crippen LogP contribution in [0.5, 0.6) is 0 Å². The summed E-state index contributed by atoms with van der Waals surface area (Å²) in [5, 5.41) is 41.0. The van der Waals surface area contributed by atoms with Gasteiger partial charge >= 0.3 is 0 Å². The molecule has 2 aromatic carbocycles. The molecule has 4 N–H and O–H groups in total. The van der Waals surface area contributed by atoms with E-state index in [0.717, 1.165) is 26.4 Å². The van der Waals surface area contributed by atoms with Crippen LogP contribution < -0.4 is 0 Å². The Balaban J connectivity index is 1.66. The number of rotatable bonds is 6. The zero-order valence-electron chi connectivity index (χ0n) is 18.3. The second-order valence-electron chi connectivity index (χ2n) is 8.18. The van der Waals surface area contributed by atoms with Gasteiger partial charge in [0, 0.05) is 28.8 Å². The summed E-state index contributed by atoms with van der Waals surface area (Å²) in [6.45, 7) is 1.33. The van der Waals surface area contributed by atoms with Crippen molar-refractivity contribution in [3.63, 3.8) is 0 Å². The SMILES string of the molecule is COC1(c2cccc(Cc3ccc(-c4ccc(F)cc4)s3)c2C)O[C@H](CO)[C@@H](O)[C@H](O)[C@H]1O. The number of hydrogen-bond donors (Lipinski definition) is 4. The van der Waals surface area contributed by atoms with Crippen molar-refractivity contribution in [2.24, 2.45) is 0 Å². The van der Waals surface area contributed by atoms with E-state index in [1.807, 2.05) is 31.2 Å². The topological polar surface area (TPSA) is 99.4 Å². The quantitative estimate of drug-likeness (QED) is 0.439. The first-order chi connectivity index (χ1) is 15.8. The van der Waals surface area contributed by atoms with Crippen LogP contribution in [0.15, 0.2) is 54.6 Å². The first kappa shape index (κ1) is 24.0. The van der Waals surface area contributed by atoms with E-state index in [4.69, 9.17) is 9.47 Å². The average Bonchev–Trinajstić information content (AvgIpc) is 3.29. The number of aliphatic hydroxyl groups excluding tert-OH is 4. The van der Waals surface area contributed by atoms with Crippen molar-refractivity contribution in [2.75, 3.05) is 13.7 Å². The largest absolute Gasteiger partial charge is 0.394 e. The van der Waals surface area contributed by atoms with E-state index in [1.165, 1.54) is 19.2 Å². The van der Waals surface area contributed by atoms with Gasteiger partial charge in [-0.05, 0) is 47.9 Å². The Morgan fingerprint density at radius 3 is 2.42 bits per heavy atom. The van der Waals surface area contributed by atoms with Gasteiger partial charge in [0.05, 0.1) is 6.61 Å². The molecule has 0 bridgehead atoms. The maximum Gasteiger partial charge on any atom is 0.225 e. The number of hydrogen-bond acceptors (Lipinski definition) is 7. The first-order valence-corrected chi connectivity index (χ1v) is 11.4. The van der Waals surface area contributed by atoms with Crippen LogP contribution in [0.2, 0.25) is 0 Å². The van der Waals surface area contributed by atoms with E-state index >= 15 is 0 Å². The lowest BCUT2D eigenvalue weighted by Crippen LogP contribution is -2.64. The summed E-state index contributed by atoms with van der Waals surface area (Å²) >= 11 is 1.61. The number of methoxy groups -OCH3 is 1. The van der Waals surface area contributed by atoms with E-state index in [2.05, 4.69) is 0 Å². The van der Waals surface area contributed by atoms with Crippen LogP contribution in [0.3, 0.4) is 0 Å². The number of thiophene rings is 1. The normalized spacial score (nSPS) is 27.6. The van der Waals surface area contributed by atoms with E-state index in [0.29, 0.717) is 12.0 Å². The highest BCUT2D eigenvalue weighted by atomic mass is 32.1. The molecule has 6 nitrogen and oxygen atoms in total. The summed E-state index contributed by atoms with van der Waals surface area (Å²) in [7, 11) is 1.35. The van der Waals surface area contributed by atoms with Crippen LogP contribution in [0.25, 0.3) is 10.4 Å². The van der Waals surface area contributed by atoms with Gasteiger partial charge in [0.25, 0.3) is 0 Å². The summed E-state index contributed by atoms with van der Waals surface area (Å²) in [5.41, 5.74) is 3.22. The smallest absolute Gasteiger partial charge is 0.225 e. The minimum absolute atomic E-state index is 0.275. The fourth-order valence-corrected chi connectivity index (χ4v) is 5.36. The van der Waals surface area contributed by atoms with E-state index < -0.39 is 36.8 Å². The summed E-state index contributed by atoms with van der Waals surface area (Å²) in [6.07, 6.45) is -5.10. The third kappa shape index (κ3) is 4.36. The molecule has 1 aromatic heterocycles. The molecule has 1 aliphatic heterocycles. The van der Waals surface area contributed by atoms with Crippen molar-refractivity contribution in [2.45, 2.75) is 43.5 Å². The van der Waals surface area contributed by atoms with Gasteiger partial charge in [-0.3, -0.25) is 0 Å². The molecule has 3 aromatic rings. The van der Waals surface area contributed by atoms with Crippen molar-refractivity contribution in [1.29, 1.82) is 0 Å². The van der Waals surface area contributed by atoms with E-state index in [9.17, 15) is 24.8 Å². The van der Waals surface area contributed by atoms with Crippen molar-refractivity contribution in [3.05, 3.63) is 82.0 Å². The van der Waals surface area contributed by atoms with Gasteiger partial charge in [0.15, 0.2) is 0 Å². The molecule has 1 fully saturated rings. The predicted octanol–water partition coefficient (Wildman–Crippen LogP) is 2.73. The third-order valence-corrected chi connectivity index (χ3v) is 7.36. The highest BCUT2D eigenvalue weighted by Gasteiger charge is 2.55. The van der Waals surface area contributed by atoms with Crippen molar-refractivity contribution in [1.82, 2.24) is 0 Å². The molecule has 2 heterocycles. The Hall–Kier alpha value is -2.17. The minimum atomic E-state index is -1.75. The molecule has 0 amide bonds. The van der Waals surface area contributed by atoms with Crippen molar-refractivity contribution >= 4 is 11.3 Å². The molecule has 1 aliphatic rings. The van der Waals surface area contributed by atoms with Crippen LogP contribution in [0.1, 0.15) is 21.6 Å². The maximum atomic E-state index is 13.2. The summed E-state index contributed by atoms with van der Waals surface area (Å²) in [4.78, 5) is 2.12. The predicted molar refractivity (Wildman–Crippen MR) is 122 cm³/mol. The zero-order chi connectivity index (χ0) is 23.8. The summed E-state index contributed by atoms with van der Waals surface area (Å²) in [5.74, 6) is -2.02. The molecule has 8 heteroatoms. The summed E-state index contributed by atoms with van der Waals surface area (Å²) in [6, 6.07) is 15.9. The fourth-order valence-electron chi connectivity index (χ4n) is 4.33. The van der Waals surface area contributed by atoms with Crippen LogP contribution in [-0.2, 0) is 21.7 Å². The van der Waals surface area contributed by atoms with Gasteiger partial charge in [-0.25, -0.2) is 4.39 Å². The third-order valence-electron chi connectivity index (χ3n) is 6.23. The Bertz CT molecular complexity index is 1100. The number of aliphatic hydroxyl groups is 4. The maximum absolute atomic E-state index is 13.2. The molecule has 0 radical (unpaired) electrons. The van der Waals surface area contributed by atoms with Crippen molar-refractivity contribution in [3.8, 4) is 10.4 Å². The fraction of sp³-hybridized carbons (Fsp3) is 0.360. The monoisotopic (exact) mass is 474 g/mol. The lowest BCUT2D eigenvalue weighted by Gasteiger charge is -2.48. The molecule has 33 heavy (non-hydrogen) atoms. The van der Waals surface area contributed by atoms with Crippen LogP contribution in [0, 0.1) is 12.7 Å². The van der Waals surface area contributed by atoms with Gasteiger partial charge in [0.2, 0.25) is 5.79 Å². The highest BCUT2D eigenvalue weighted by molar-refractivity contribution is 7.15. The van der Waals surface area contributed by atoms with E-state index in [1.54, 1.807) is 29.5 Å². The second-order valence-corrected chi connectivity index (χ2v) is 9.34. The molecule has 0 saturated carbocycles. The van der Waals surface area contributed by atoms with Crippen LogP contribution in [0.4, 0.5) is 4.39 Å². The molecule has 0 aliphatic carbocycles. The van der Waals surface area contributed by atoms with Gasteiger partial charge in [-0.2, -0.15) is 0 Å². The lowest BCUT2D eigenvalue weighted by molar-refractivity contribution is -0.366. The van der Waals surface area contributed by atoms with Crippen LogP contribution in [-0.4, -0.2) is 58.6 Å². The Morgan fingerprint density at radius 1 is 1.03 bits per heavy atom. The van der Waals surface area contributed by atoms with Gasteiger partial charge < -0.3 is 29.9 Å². The molecular weight excluding hydrogens is 447 g/mol. The number of halogens is 1. The van der Waals surface area contributed by atoms with Gasteiger partial charge in [0.1, 0.15) is 30.2 Å². The standard InChI is InChI=1S/C25H27FO6S/c1-14-16(12-18-10-11-21(33-18)15-6-8-17(26)9-7-15)4-3-5-19(14)25(31-2)24(30)23(29)22(28)20(13-27)32-25/h3-11,20,22-24,27-30H,12-13H2,1-2H3/t20-,22-,23+,24-,25?/m1/s1. The number of benzene rings is 2. The first-order valence-electron chi connectivity index (χ1n) is 10.6. The molecular formula is C25H27FO6S. The van der Waals surface area contributed by atoms with E-state index in [-0.39, 0.29) is 5.82 Å². The second kappa shape index (κ2) is 9.60. The molecule has 4 rings (SSSR count). The molecule has 176 valence electrons. The van der Waals surface area contributed by atoms with Crippen LogP contribution >= 0.6 is 11.3 Å². The zero-order valence-corrected chi connectivity index (χ0v) is 19.1. The van der Waals surface area contributed by atoms with Gasteiger partial charge in [-0.15, -0.1) is 11.3 Å². The van der Waals surface area contributed by atoms with Gasteiger partial charge in [-0.1, -0.05) is 30.3 Å². The lowest BCUT2D eigenvalue weighted by atomic mass is 9.84. The van der Waals surface area contributed by atoms with Crippen molar-refractivity contribution < 1.29 is 34.3 Å². The Labute approximate surface area is 195 Å². The molecule has 5 atom stereocenters. The number of ether oxygens (including phenoxy) is 2. The Morgan fingerprint density at radius 2 is 1.76 bits per heavy atom. The average molecular weight is 475 g/mol. The minimum Gasteiger partial charge on any atom is -0.394 e. The Kier molecular flexibility index (Phi) is 6.97.